The Morgan fingerprint density at radius 3 is 3.20 bits per heavy atom. The third-order valence-corrected chi connectivity index (χ3v) is 2.77. The smallest absolute Gasteiger partial charge is 0.272 e. The molecule has 0 saturated carbocycles. The van der Waals surface area contributed by atoms with E-state index in [-0.39, 0.29) is 18.3 Å². The second-order valence-corrected chi connectivity index (χ2v) is 3.90. The number of nitrogens with one attached hydrogen (secondary N) is 2. The number of aromatic nitrogens is 2. The van der Waals surface area contributed by atoms with Crippen LogP contribution in [0.3, 0.4) is 0 Å². The molecule has 15 heavy (non-hydrogen) atoms. The van der Waals surface area contributed by atoms with Crippen molar-refractivity contribution in [3.8, 4) is 0 Å². The summed E-state index contributed by atoms with van der Waals surface area (Å²) < 4.78 is 3.64. The first kappa shape index (κ1) is 12.4. The number of amides is 1. The van der Waals surface area contributed by atoms with Gasteiger partial charge in [-0.05, 0) is 30.9 Å². The van der Waals surface area contributed by atoms with E-state index in [0.717, 1.165) is 13.0 Å². The van der Waals surface area contributed by atoms with Crippen LogP contribution in [-0.2, 0) is 0 Å². The van der Waals surface area contributed by atoms with Gasteiger partial charge in [0.25, 0.3) is 5.91 Å². The van der Waals surface area contributed by atoms with Crippen molar-refractivity contribution in [2.45, 2.75) is 18.9 Å². The Hall–Kier alpha value is -0.720. The second-order valence-electron chi connectivity index (χ2n) is 3.29. The number of halogens is 1. The minimum atomic E-state index is -0.132. The molecule has 0 aromatic carbocycles. The molecular formula is C8H13ClN4OS. The fourth-order valence-electron chi connectivity index (χ4n) is 1.50. The van der Waals surface area contributed by atoms with Crippen LogP contribution >= 0.6 is 23.9 Å². The van der Waals surface area contributed by atoms with E-state index in [1.54, 1.807) is 5.38 Å². The highest BCUT2D eigenvalue weighted by Gasteiger charge is 2.15. The lowest BCUT2D eigenvalue weighted by molar-refractivity contribution is 0.0945. The minimum Gasteiger partial charge on any atom is -0.349 e. The predicted octanol–water partition coefficient (Wildman–Crippen LogP) is 0.442. The molecule has 1 aromatic heterocycles. The van der Waals surface area contributed by atoms with Crippen LogP contribution in [0.15, 0.2) is 5.38 Å². The molecule has 0 bridgehead atoms. The van der Waals surface area contributed by atoms with Gasteiger partial charge in [0.1, 0.15) is 0 Å². The monoisotopic (exact) mass is 248 g/mol. The summed E-state index contributed by atoms with van der Waals surface area (Å²) in [5.74, 6) is -0.132. The van der Waals surface area contributed by atoms with Crippen molar-refractivity contribution < 1.29 is 4.79 Å². The van der Waals surface area contributed by atoms with Crippen LogP contribution in [0.25, 0.3) is 0 Å². The molecule has 1 unspecified atom stereocenters. The second kappa shape index (κ2) is 5.99. The molecule has 1 aliphatic heterocycles. The highest BCUT2D eigenvalue weighted by atomic mass is 35.5. The molecule has 0 spiro atoms. The van der Waals surface area contributed by atoms with Crippen LogP contribution < -0.4 is 10.6 Å². The number of nitrogens with zero attached hydrogens (tertiary/aromatic N) is 2. The van der Waals surface area contributed by atoms with E-state index in [2.05, 4.69) is 20.2 Å². The lowest BCUT2D eigenvalue weighted by Crippen LogP contribution is -2.37. The van der Waals surface area contributed by atoms with Crippen molar-refractivity contribution in [2.24, 2.45) is 0 Å². The highest BCUT2D eigenvalue weighted by molar-refractivity contribution is 7.03. The van der Waals surface area contributed by atoms with Gasteiger partial charge in [0.05, 0.1) is 0 Å². The molecule has 84 valence electrons. The zero-order valence-electron chi connectivity index (χ0n) is 8.10. The maximum absolute atomic E-state index is 11.4. The fourth-order valence-corrected chi connectivity index (χ4v) is 1.94. The SMILES string of the molecule is Cl.O=C(NCC1CCCN1)c1csnn1. The van der Waals surface area contributed by atoms with Crippen molar-refractivity contribution >= 4 is 29.8 Å². The zero-order chi connectivity index (χ0) is 9.80. The molecule has 0 radical (unpaired) electrons. The molecule has 1 aliphatic rings. The Labute approximate surface area is 98.2 Å². The summed E-state index contributed by atoms with van der Waals surface area (Å²) >= 11 is 1.19. The van der Waals surface area contributed by atoms with E-state index in [9.17, 15) is 4.79 Å². The number of carbonyl (C=O) groups excluding carboxylic acids is 1. The van der Waals surface area contributed by atoms with Crippen molar-refractivity contribution in [1.29, 1.82) is 0 Å². The Balaban J connectivity index is 0.00000112. The Bertz CT molecular complexity index is 300. The summed E-state index contributed by atoms with van der Waals surface area (Å²) in [7, 11) is 0. The van der Waals surface area contributed by atoms with Crippen LogP contribution in [0, 0.1) is 0 Å². The first-order valence-corrected chi connectivity index (χ1v) is 5.48. The van der Waals surface area contributed by atoms with Gasteiger partial charge in [-0.25, -0.2) is 0 Å². The van der Waals surface area contributed by atoms with Crippen LogP contribution in [0.1, 0.15) is 23.3 Å². The standard InChI is InChI=1S/C8H12N4OS.ClH/c13-8(7-5-14-12-11-7)10-4-6-2-1-3-9-6;/h5-6,9H,1-4H2,(H,10,13);1H. The maximum Gasteiger partial charge on any atom is 0.272 e. The number of hydrogen-bond acceptors (Lipinski definition) is 5. The number of carbonyl (C=O) groups is 1. The van der Waals surface area contributed by atoms with Gasteiger partial charge in [-0.2, -0.15) is 0 Å². The Kier molecular flexibility index (Phi) is 4.93. The maximum atomic E-state index is 11.4. The molecular weight excluding hydrogens is 236 g/mol. The Morgan fingerprint density at radius 2 is 2.60 bits per heavy atom. The van der Waals surface area contributed by atoms with Crippen molar-refractivity contribution in [3.63, 3.8) is 0 Å². The molecule has 1 atom stereocenters. The van der Waals surface area contributed by atoms with Crippen LogP contribution in [0.5, 0.6) is 0 Å². The summed E-state index contributed by atoms with van der Waals surface area (Å²) in [6.07, 6.45) is 2.33. The topological polar surface area (TPSA) is 66.9 Å². The van der Waals surface area contributed by atoms with Crippen LogP contribution in [0.2, 0.25) is 0 Å². The van der Waals surface area contributed by atoms with E-state index >= 15 is 0 Å². The van der Waals surface area contributed by atoms with Gasteiger partial charge in [0.15, 0.2) is 5.69 Å². The average molecular weight is 249 g/mol. The Morgan fingerprint density at radius 1 is 1.73 bits per heavy atom. The number of rotatable bonds is 3. The van der Waals surface area contributed by atoms with E-state index < -0.39 is 0 Å². The number of hydrogen-bond donors (Lipinski definition) is 2. The molecule has 1 fully saturated rings. The van der Waals surface area contributed by atoms with Gasteiger partial charge in [0, 0.05) is 18.0 Å². The summed E-state index contributed by atoms with van der Waals surface area (Å²) in [5, 5.41) is 11.5. The predicted molar refractivity (Wildman–Crippen MR) is 60.5 cm³/mol. The third-order valence-electron chi connectivity index (χ3n) is 2.26. The summed E-state index contributed by atoms with van der Waals surface area (Å²) in [6.45, 7) is 1.73. The lowest BCUT2D eigenvalue weighted by atomic mass is 10.2. The van der Waals surface area contributed by atoms with E-state index in [1.165, 1.54) is 18.0 Å². The van der Waals surface area contributed by atoms with Gasteiger partial charge < -0.3 is 10.6 Å². The van der Waals surface area contributed by atoms with Crippen molar-refractivity contribution in [2.75, 3.05) is 13.1 Å². The van der Waals surface area contributed by atoms with Gasteiger partial charge in [-0.3, -0.25) is 4.79 Å². The zero-order valence-corrected chi connectivity index (χ0v) is 9.74. The molecule has 1 saturated heterocycles. The molecule has 1 amide bonds. The first-order valence-electron chi connectivity index (χ1n) is 4.65. The molecule has 1 aromatic rings. The van der Waals surface area contributed by atoms with Gasteiger partial charge in [-0.15, -0.1) is 17.5 Å². The van der Waals surface area contributed by atoms with Crippen LogP contribution in [0.4, 0.5) is 0 Å². The van der Waals surface area contributed by atoms with Gasteiger partial charge >= 0.3 is 0 Å². The molecule has 2 heterocycles. The van der Waals surface area contributed by atoms with Crippen molar-refractivity contribution in [1.82, 2.24) is 20.2 Å². The van der Waals surface area contributed by atoms with E-state index in [1.807, 2.05) is 0 Å². The van der Waals surface area contributed by atoms with Crippen molar-refractivity contribution in [3.05, 3.63) is 11.1 Å². The normalized spacial score (nSPS) is 19.6. The summed E-state index contributed by atoms with van der Waals surface area (Å²) in [6, 6.07) is 0.422. The molecule has 7 heteroatoms. The molecule has 5 nitrogen and oxygen atoms in total. The minimum absolute atomic E-state index is 0. The lowest BCUT2D eigenvalue weighted by Gasteiger charge is -2.09. The summed E-state index contributed by atoms with van der Waals surface area (Å²) in [4.78, 5) is 11.4. The largest absolute Gasteiger partial charge is 0.349 e. The van der Waals surface area contributed by atoms with E-state index in [0.29, 0.717) is 18.3 Å². The first-order chi connectivity index (χ1) is 6.86. The molecule has 0 aliphatic carbocycles. The quantitative estimate of drug-likeness (QED) is 0.815. The molecule has 2 rings (SSSR count). The van der Waals surface area contributed by atoms with E-state index in [4.69, 9.17) is 0 Å². The van der Waals surface area contributed by atoms with Crippen LogP contribution in [-0.4, -0.2) is 34.6 Å². The molecule has 2 N–H and O–H groups in total. The van der Waals surface area contributed by atoms with Gasteiger partial charge in [0.2, 0.25) is 0 Å². The highest BCUT2D eigenvalue weighted by Crippen LogP contribution is 2.03. The fraction of sp³-hybridized carbons (Fsp3) is 0.625. The average Bonchev–Trinajstić information content (AvgIpc) is 2.87. The third kappa shape index (κ3) is 3.40. The van der Waals surface area contributed by atoms with Gasteiger partial charge in [-0.1, -0.05) is 4.49 Å². The summed E-state index contributed by atoms with van der Waals surface area (Å²) in [5.41, 5.74) is 0.410.